The quantitative estimate of drug-likeness (QED) is 0.774. The number of hydrogen-bond acceptors (Lipinski definition) is 3. The van der Waals surface area contributed by atoms with E-state index in [9.17, 15) is 9.59 Å². The van der Waals surface area contributed by atoms with Gasteiger partial charge < -0.3 is 19.9 Å². The SMILES string of the molecule is COc1ccc(Cl)cc1NC(=O)C[NH+](C)CC(=O)N1c2ccccc2C[C@@H]1C. The van der Waals surface area contributed by atoms with Crippen LogP contribution in [0, 0.1) is 0 Å². The zero-order chi connectivity index (χ0) is 20.3. The van der Waals surface area contributed by atoms with E-state index < -0.39 is 0 Å². The molecule has 0 bridgehead atoms. The fraction of sp³-hybridized carbons (Fsp3) is 0.333. The number of fused-ring (bicyclic) bond motifs is 1. The average Bonchev–Trinajstić information content (AvgIpc) is 2.97. The first-order valence-corrected chi connectivity index (χ1v) is 9.61. The average molecular weight is 403 g/mol. The van der Waals surface area contributed by atoms with E-state index in [2.05, 4.69) is 11.4 Å². The summed E-state index contributed by atoms with van der Waals surface area (Å²) < 4.78 is 5.24. The van der Waals surface area contributed by atoms with E-state index in [0.717, 1.165) is 17.0 Å². The largest absolute Gasteiger partial charge is 0.495 e. The van der Waals surface area contributed by atoms with E-state index >= 15 is 0 Å². The van der Waals surface area contributed by atoms with Gasteiger partial charge in [-0.1, -0.05) is 29.8 Å². The lowest BCUT2D eigenvalue weighted by molar-refractivity contribution is -0.862. The molecule has 1 unspecified atom stereocenters. The zero-order valence-electron chi connectivity index (χ0n) is 16.3. The van der Waals surface area contributed by atoms with Gasteiger partial charge in [0.2, 0.25) is 0 Å². The van der Waals surface area contributed by atoms with Crippen LogP contribution in [0.2, 0.25) is 5.02 Å². The summed E-state index contributed by atoms with van der Waals surface area (Å²) in [6.07, 6.45) is 0.857. The van der Waals surface area contributed by atoms with Crippen LogP contribution in [0.25, 0.3) is 0 Å². The normalized spacial score (nSPS) is 16.4. The van der Waals surface area contributed by atoms with E-state index in [1.165, 1.54) is 12.7 Å². The molecule has 0 saturated carbocycles. The summed E-state index contributed by atoms with van der Waals surface area (Å²) in [6, 6.07) is 13.1. The van der Waals surface area contributed by atoms with Crippen molar-refractivity contribution in [3.63, 3.8) is 0 Å². The van der Waals surface area contributed by atoms with Crippen molar-refractivity contribution in [1.29, 1.82) is 0 Å². The van der Waals surface area contributed by atoms with Crippen LogP contribution in [0.1, 0.15) is 12.5 Å². The fourth-order valence-electron chi connectivity index (χ4n) is 3.60. The number of quaternary nitrogens is 1. The molecule has 148 valence electrons. The van der Waals surface area contributed by atoms with Crippen LogP contribution in [-0.2, 0) is 16.0 Å². The molecule has 28 heavy (non-hydrogen) atoms. The van der Waals surface area contributed by atoms with Gasteiger partial charge in [-0.15, -0.1) is 0 Å². The molecule has 2 atom stereocenters. The Morgan fingerprint density at radius 1 is 1.25 bits per heavy atom. The number of carbonyl (C=O) groups excluding carboxylic acids is 2. The third kappa shape index (κ3) is 4.46. The number of methoxy groups -OCH3 is 1. The van der Waals surface area contributed by atoms with Gasteiger partial charge in [-0.05, 0) is 43.2 Å². The molecule has 6 nitrogen and oxygen atoms in total. The van der Waals surface area contributed by atoms with Crippen molar-refractivity contribution in [2.75, 3.05) is 37.5 Å². The number of benzene rings is 2. The smallest absolute Gasteiger partial charge is 0.282 e. The van der Waals surface area contributed by atoms with Crippen molar-refractivity contribution >= 4 is 34.8 Å². The molecule has 0 saturated heterocycles. The number of amides is 2. The molecule has 2 amide bonds. The first kappa shape index (κ1) is 20.2. The fourth-order valence-corrected chi connectivity index (χ4v) is 3.77. The highest BCUT2D eigenvalue weighted by Crippen LogP contribution is 2.31. The molecule has 2 aromatic rings. The first-order chi connectivity index (χ1) is 13.4. The maximum absolute atomic E-state index is 12.8. The third-order valence-corrected chi connectivity index (χ3v) is 5.06. The predicted octanol–water partition coefficient (Wildman–Crippen LogP) is 1.78. The lowest BCUT2D eigenvalue weighted by Crippen LogP contribution is -3.11. The molecule has 2 N–H and O–H groups in total. The summed E-state index contributed by atoms with van der Waals surface area (Å²) in [5.41, 5.74) is 2.67. The maximum atomic E-state index is 12.8. The van der Waals surface area contributed by atoms with Crippen molar-refractivity contribution < 1.29 is 19.2 Å². The van der Waals surface area contributed by atoms with Crippen LogP contribution in [0.3, 0.4) is 0 Å². The molecule has 0 radical (unpaired) electrons. The molecule has 0 fully saturated rings. The van der Waals surface area contributed by atoms with E-state index in [1.807, 2.05) is 37.1 Å². The third-order valence-electron chi connectivity index (χ3n) is 4.83. The van der Waals surface area contributed by atoms with Gasteiger partial charge in [0.25, 0.3) is 11.8 Å². The van der Waals surface area contributed by atoms with Gasteiger partial charge in [0.1, 0.15) is 5.75 Å². The van der Waals surface area contributed by atoms with Gasteiger partial charge in [-0.25, -0.2) is 0 Å². The molecule has 1 aliphatic heterocycles. The number of halogens is 1. The molecule has 1 heterocycles. The summed E-state index contributed by atoms with van der Waals surface area (Å²) in [4.78, 5) is 27.9. The second-order valence-corrected chi connectivity index (χ2v) is 7.59. The van der Waals surface area contributed by atoms with Crippen molar-refractivity contribution in [3.8, 4) is 5.75 Å². The molecule has 0 spiro atoms. The molecule has 3 rings (SSSR count). The maximum Gasteiger partial charge on any atom is 0.282 e. The monoisotopic (exact) mass is 402 g/mol. The molecule has 2 aromatic carbocycles. The number of ether oxygens (including phenoxy) is 1. The highest BCUT2D eigenvalue weighted by molar-refractivity contribution is 6.31. The van der Waals surface area contributed by atoms with Gasteiger partial charge in [-0.3, -0.25) is 9.59 Å². The Bertz CT molecular complexity index is 887. The minimum Gasteiger partial charge on any atom is -0.495 e. The predicted molar refractivity (Wildman–Crippen MR) is 110 cm³/mol. The summed E-state index contributed by atoms with van der Waals surface area (Å²) >= 11 is 6.00. The minimum atomic E-state index is -0.208. The summed E-state index contributed by atoms with van der Waals surface area (Å²) in [7, 11) is 3.36. The number of para-hydroxylation sites is 1. The Balaban J connectivity index is 1.60. The number of nitrogens with zero attached hydrogens (tertiary/aromatic N) is 1. The van der Waals surface area contributed by atoms with Crippen LogP contribution in [0.4, 0.5) is 11.4 Å². The lowest BCUT2D eigenvalue weighted by atomic mass is 10.1. The highest BCUT2D eigenvalue weighted by atomic mass is 35.5. The van der Waals surface area contributed by atoms with Gasteiger partial charge in [0.15, 0.2) is 13.1 Å². The first-order valence-electron chi connectivity index (χ1n) is 9.23. The van der Waals surface area contributed by atoms with Gasteiger partial charge in [0, 0.05) is 16.8 Å². The van der Waals surface area contributed by atoms with Crippen molar-refractivity contribution in [2.24, 2.45) is 0 Å². The zero-order valence-corrected chi connectivity index (χ0v) is 17.0. The van der Waals surface area contributed by atoms with Crippen molar-refractivity contribution in [1.82, 2.24) is 0 Å². The highest BCUT2D eigenvalue weighted by Gasteiger charge is 2.32. The van der Waals surface area contributed by atoms with Gasteiger partial charge >= 0.3 is 0 Å². The topological polar surface area (TPSA) is 63.1 Å². The Morgan fingerprint density at radius 3 is 2.75 bits per heavy atom. The molecular weight excluding hydrogens is 378 g/mol. The molecule has 0 aliphatic carbocycles. The van der Waals surface area contributed by atoms with Gasteiger partial charge in [0.05, 0.1) is 19.8 Å². The number of nitrogens with one attached hydrogen (secondary N) is 2. The van der Waals surface area contributed by atoms with Crippen LogP contribution < -0.4 is 19.9 Å². The Kier molecular flexibility index (Phi) is 6.21. The standard InChI is InChI=1S/C21H24ClN3O3/c1-14-10-15-6-4-5-7-18(15)25(14)21(27)13-24(2)12-20(26)23-17-11-16(22)8-9-19(17)28-3/h4-9,11,14H,10,12-13H2,1-3H3,(H,23,26)/p+1/t14-/m0/s1. The van der Waals surface area contributed by atoms with Gasteiger partial charge in [-0.2, -0.15) is 0 Å². The van der Waals surface area contributed by atoms with Crippen LogP contribution in [0.15, 0.2) is 42.5 Å². The summed E-state index contributed by atoms with van der Waals surface area (Å²) in [6.45, 7) is 2.44. The summed E-state index contributed by atoms with van der Waals surface area (Å²) in [5, 5.41) is 3.31. The van der Waals surface area contributed by atoms with E-state index in [-0.39, 0.29) is 30.9 Å². The van der Waals surface area contributed by atoms with Crippen molar-refractivity contribution in [3.05, 3.63) is 53.1 Å². The van der Waals surface area contributed by atoms with Crippen LogP contribution in [0.5, 0.6) is 5.75 Å². The minimum absolute atomic E-state index is 0.0167. The molecule has 7 heteroatoms. The van der Waals surface area contributed by atoms with E-state index in [4.69, 9.17) is 16.3 Å². The van der Waals surface area contributed by atoms with E-state index in [1.54, 1.807) is 18.2 Å². The second kappa shape index (κ2) is 8.63. The number of hydrogen-bond donors (Lipinski definition) is 2. The molecule has 0 aromatic heterocycles. The van der Waals surface area contributed by atoms with Crippen LogP contribution in [-0.4, -0.2) is 45.1 Å². The number of anilines is 2. The number of likely N-dealkylation sites (N-methyl/N-ethyl adjacent to an activating group) is 1. The number of carbonyl (C=O) groups is 2. The number of rotatable bonds is 6. The lowest BCUT2D eigenvalue weighted by Gasteiger charge is -2.24. The summed E-state index contributed by atoms with van der Waals surface area (Å²) in [5.74, 6) is 0.345. The second-order valence-electron chi connectivity index (χ2n) is 7.15. The molecular formula is C21H25ClN3O3+. The Morgan fingerprint density at radius 2 is 2.00 bits per heavy atom. The van der Waals surface area contributed by atoms with Crippen LogP contribution >= 0.6 is 11.6 Å². The van der Waals surface area contributed by atoms with Crippen molar-refractivity contribution in [2.45, 2.75) is 19.4 Å². The van der Waals surface area contributed by atoms with E-state index in [0.29, 0.717) is 16.5 Å². The molecule has 1 aliphatic rings. The Hall–Kier alpha value is -2.57. The Labute approximate surface area is 170 Å².